The number of hydrogen-bond acceptors (Lipinski definition) is 4. The number of nitrogens with one attached hydrogen (secondary N) is 1. The Labute approximate surface area is 194 Å². The first-order valence-electron chi connectivity index (χ1n) is 10.8. The van der Waals surface area contributed by atoms with Crippen molar-refractivity contribution >= 4 is 34.5 Å². The summed E-state index contributed by atoms with van der Waals surface area (Å²) in [7, 11) is 3.97. The second-order valence-corrected chi connectivity index (χ2v) is 9.33. The number of thiophene rings is 1. The van der Waals surface area contributed by atoms with Crippen LogP contribution >= 0.6 is 11.3 Å². The largest absolute Gasteiger partial charge is 0.377 e. The number of nitrogens with zero attached hydrogens (tertiary/aromatic N) is 2. The van der Waals surface area contributed by atoms with Crippen LogP contribution in [0, 0.1) is 5.92 Å². The van der Waals surface area contributed by atoms with Crippen LogP contribution in [0.25, 0.3) is 0 Å². The summed E-state index contributed by atoms with van der Waals surface area (Å²) < 4.78 is 0. The molecule has 0 saturated carbocycles. The van der Waals surface area contributed by atoms with E-state index in [-0.39, 0.29) is 23.8 Å². The molecule has 2 amide bonds. The van der Waals surface area contributed by atoms with E-state index in [2.05, 4.69) is 12.2 Å². The monoisotopic (exact) mass is 449 g/mol. The molecule has 0 spiro atoms. The smallest absolute Gasteiger partial charge is 0.264 e. The molecule has 0 saturated heterocycles. The molecule has 0 aliphatic carbocycles. The van der Waals surface area contributed by atoms with Crippen LogP contribution < -0.4 is 10.2 Å². The predicted molar refractivity (Wildman–Crippen MR) is 133 cm³/mol. The van der Waals surface area contributed by atoms with E-state index < -0.39 is 0 Å². The predicted octanol–water partition coefficient (Wildman–Crippen LogP) is 5.81. The molecule has 1 N–H and O–H groups in total. The lowest BCUT2D eigenvalue weighted by molar-refractivity contribution is -0.118. The van der Waals surface area contributed by atoms with E-state index in [0.29, 0.717) is 11.4 Å². The Bertz CT molecular complexity index is 1050. The van der Waals surface area contributed by atoms with E-state index in [0.717, 1.165) is 22.5 Å². The number of rotatable bonds is 8. The van der Waals surface area contributed by atoms with Gasteiger partial charge in [0.05, 0.1) is 10.9 Å². The van der Waals surface area contributed by atoms with Crippen LogP contribution in [0.5, 0.6) is 0 Å². The fourth-order valence-corrected chi connectivity index (χ4v) is 4.21. The van der Waals surface area contributed by atoms with E-state index >= 15 is 0 Å². The lowest BCUT2D eigenvalue weighted by Gasteiger charge is -2.31. The third kappa shape index (κ3) is 5.56. The highest BCUT2D eigenvalue weighted by molar-refractivity contribution is 7.12. The van der Waals surface area contributed by atoms with Gasteiger partial charge in [-0.3, -0.25) is 9.59 Å². The van der Waals surface area contributed by atoms with Crippen molar-refractivity contribution in [1.29, 1.82) is 0 Å². The average Bonchev–Trinajstić information content (AvgIpc) is 3.32. The normalized spacial score (nSPS) is 11.8. The molecule has 5 nitrogen and oxygen atoms in total. The lowest BCUT2D eigenvalue weighted by atomic mass is 10.0. The van der Waals surface area contributed by atoms with Gasteiger partial charge < -0.3 is 15.1 Å². The summed E-state index contributed by atoms with van der Waals surface area (Å²) in [6.07, 6.45) is 0. The highest BCUT2D eigenvalue weighted by atomic mass is 32.1. The van der Waals surface area contributed by atoms with Gasteiger partial charge in [0.15, 0.2) is 0 Å². The van der Waals surface area contributed by atoms with Crippen LogP contribution in [-0.4, -0.2) is 30.8 Å². The lowest BCUT2D eigenvalue weighted by Crippen LogP contribution is -2.33. The fraction of sp³-hybridized carbons (Fsp3) is 0.308. The summed E-state index contributed by atoms with van der Waals surface area (Å²) in [5, 5.41) is 4.90. The van der Waals surface area contributed by atoms with E-state index in [1.807, 2.05) is 104 Å². The van der Waals surface area contributed by atoms with E-state index in [9.17, 15) is 9.59 Å². The first kappa shape index (κ1) is 23.5. The van der Waals surface area contributed by atoms with Crippen LogP contribution in [0.4, 0.5) is 11.4 Å². The van der Waals surface area contributed by atoms with Gasteiger partial charge in [0.25, 0.3) is 5.91 Å². The molecule has 1 unspecified atom stereocenters. The van der Waals surface area contributed by atoms with E-state index in [1.165, 1.54) is 11.3 Å². The molecule has 1 atom stereocenters. The van der Waals surface area contributed by atoms with Crippen molar-refractivity contribution in [2.45, 2.75) is 33.4 Å². The maximum Gasteiger partial charge on any atom is 0.264 e. The molecule has 3 rings (SSSR count). The topological polar surface area (TPSA) is 52.7 Å². The molecule has 1 aromatic heterocycles. The molecule has 1 heterocycles. The minimum atomic E-state index is -0.116. The highest BCUT2D eigenvalue weighted by Gasteiger charge is 2.25. The zero-order valence-corrected chi connectivity index (χ0v) is 20.1. The van der Waals surface area contributed by atoms with Gasteiger partial charge in [-0.2, -0.15) is 0 Å². The maximum atomic E-state index is 13.5. The Morgan fingerprint density at radius 1 is 0.969 bits per heavy atom. The van der Waals surface area contributed by atoms with Gasteiger partial charge in [-0.25, -0.2) is 0 Å². The molecule has 6 heteroatoms. The number of carbonyl (C=O) groups excluding carboxylic acids is 2. The summed E-state index contributed by atoms with van der Waals surface area (Å²) in [6, 6.07) is 19.6. The van der Waals surface area contributed by atoms with Crippen molar-refractivity contribution in [2.75, 3.05) is 24.3 Å². The van der Waals surface area contributed by atoms with Gasteiger partial charge in [0, 0.05) is 37.9 Å². The van der Waals surface area contributed by atoms with E-state index in [1.54, 1.807) is 0 Å². The molecule has 2 aromatic carbocycles. The van der Waals surface area contributed by atoms with Crippen LogP contribution in [-0.2, 0) is 11.3 Å². The number of anilines is 2. The molecular weight excluding hydrogens is 418 g/mol. The highest BCUT2D eigenvalue weighted by Crippen LogP contribution is 2.30. The van der Waals surface area contributed by atoms with Gasteiger partial charge >= 0.3 is 0 Å². The molecule has 3 aromatic rings. The molecule has 0 bridgehead atoms. The Morgan fingerprint density at radius 3 is 2.28 bits per heavy atom. The number of benzene rings is 2. The molecule has 0 aliphatic rings. The Kier molecular flexibility index (Phi) is 7.70. The standard InChI is InChI=1S/C26H31N3O2S/c1-18(2)25(30)27-22-13-14-23(28(4)5)21(16-22)17-29(26(31)24-12-9-15-32-24)19(3)20-10-7-6-8-11-20/h6-16,18-19H,17H2,1-5H3,(H,27,30). The molecule has 168 valence electrons. The summed E-state index contributed by atoms with van der Waals surface area (Å²) in [5.74, 6) is -0.141. The second kappa shape index (κ2) is 10.5. The van der Waals surface area contributed by atoms with Crippen molar-refractivity contribution in [3.8, 4) is 0 Å². The van der Waals surface area contributed by atoms with Crippen molar-refractivity contribution in [3.63, 3.8) is 0 Å². The average molecular weight is 450 g/mol. The van der Waals surface area contributed by atoms with Crippen molar-refractivity contribution in [2.24, 2.45) is 5.92 Å². The van der Waals surface area contributed by atoms with Gasteiger partial charge in [-0.1, -0.05) is 50.2 Å². The van der Waals surface area contributed by atoms with Gasteiger partial charge in [-0.15, -0.1) is 11.3 Å². The first-order valence-corrected chi connectivity index (χ1v) is 11.7. The summed E-state index contributed by atoms with van der Waals surface area (Å²) in [6.45, 7) is 6.22. The van der Waals surface area contributed by atoms with Gasteiger partial charge in [0.1, 0.15) is 0 Å². The van der Waals surface area contributed by atoms with E-state index in [4.69, 9.17) is 0 Å². The molecule has 0 aliphatic heterocycles. The third-order valence-electron chi connectivity index (χ3n) is 5.44. The van der Waals surface area contributed by atoms with Crippen LogP contribution in [0.15, 0.2) is 66.0 Å². The number of amides is 2. The van der Waals surface area contributed by atoms with Crippen LogP contribution in [0.3, 0.4) is 0 Å². The zero-order chi connectivity index (χ0) is 23.3. The number of carbonyl (C=O) groups is 2. The first-order chi connectivity index (χ1) is 15.3. The summed E-state index contributed by atoms with van der Waals surface area (Å²) in [5.41, 5.74) is 3.80. The zero-order valence-electron chi connectivity index (χ0n) is 19.3. The minimum Gasteiger partial charge on any atom is -0.377 e. The van der Waals surface area contributed by atoms with Crippen molar-refractivity contribution in [3.05, 3.63) is 82.0 Å². The van der Waals surface area contributed by atoms with Gasteiger partial charge in [0.2, 0.25) is 5.91 Å². The van der Waals surface area contributed by atoms with Crippen LogP contribution in [0.2, 0.25) is 0 Å². The summed E-state index contributed by atoms with van der Waals surface area (Å²) in [4.78, 5) is 30.4. The molecule has 0 fully saturated rings. The maximum absolute atomic E-state index is 13.5. The quantitative estimate of drug-likeness (QED) is 0.472. The van der Waals surface area contributed by atoms with Crippen molar-refractivity contribution in [1.82, 2.24) is 4.90 Å². The second-order valence-electron chi connectivity index (χ2n) is 8.38. The third-order valence-corrected chi connectivity index (χ3v) is 6.29. The molecular formula is C26H31N3O2S. The Balaban J connectivity index is 2.00. The minimum absolute atomic E-state index is 0.00215. The number of hydrogen-bond donors (Lipinski definition) is 1. The van der Waals surface area contributed by atoms with Gasteiger partial charge in [-0.05, 0) is 47.7 Å². The Morgan fingerprint density at radius 2 is 1.69 bits per heavy atom. The Hall–Kier alpha value is -3.12. The van der Waals surface area contributed by atoms with Crippen molar-refractivity contribution < 1.29 is 9.59 Å². The molecule has 0 radical (unpaired) electrons. The van der Waals surface area contributed by atoms with Crippen LogP contribution in [0.1, 0.15) is 47.6 Å². The summed E-state index contributed by atoms with van der Waals surface area (Å²) >= 11 is 1.45. The SMILES string of the molecule is CC(C)C(=O)Nc1ccc(N(C)C)c(CN(C(=O)c2cccs2)C(C)c2ccccc2)c1. The fourth-order valence-electron chi connectivity index (χ4n) is 3.53. The molecule has 32 heavy (non-hydrogen) atoms.